The van der Waals surface area contributed by atoms with Crippen LogP contribution in [-0.2, 0) is 94.2 Å². The van der Waals surface area contributed by atoms with Gasteiger partial charge in [0.2, 0.25) is 31.9 Å². The van der Waals surface area contributed by atoms with E-state index >= 15 is 0 Å². The van der Waals surface area contributed by atoms with Crippen LogP contribution in [0.3, 0.4) is 0 Å². The Hall–Kier alpha value is -8.27. The van der Waals surface area contributed by atoms with Crippen molar-refractivity contribution in [1.29, 1.82) is 0 Å². The van der Waals surface area contributed by atoms with Gasteiger partial charge in [-0.2, -0.15) is 13.2 Å². The van der Waals surface area contributed by atoms with Crippen LogP contribution in [0.15, 0.2) is 98.6 Å². The van der Waals surface area contributed by atoms with Gasteiger partial charge in [0.1, 0.15) is 43.3 Å². The predicted octanol–water partition coefficient (Wildman–Crippen LogP) is 12.5. The summed E-state index contributed by atoms with van der Waals surface area (Å²) in [6.07, 6.45) is 14.8. The number of aromatic nitrogens is 12. The first-order valence-electron chi connectivity index (χ1n) is 43.5. The third kappa shape index (κ3) is 33.2. The molecule has 0 radical (unpaired) electrons. The van der Waals surface area contributed by atoms with E-state index in [0.29, 0.717) is 69.1 Å². The highest BCUT2D eigenvalue weighted by Crippen LogP contribution is 2.32. The summed E-state index contributed by atoms with van der Waals surface area (Å²) in [5, 5.41) is 9.98. The standard InChI is InChI=1S/C14H20F3N3.C14H21N3O.C14H22N2O2S.C13H20N4O.C13H21N3O2S.2C12H19N3/c1-13(2,3)12-5-11(18-9-19-12)4-10-6-20(7-10)8-14(15,16)17;1-10(18)17-8-12(9-17)16-13-7-11(5-6-15-13)14(2,3)4;1-14(2,3)12-5-6-15-13(8-12)7-11-9-16(10-11)19(4,17)18;1-9(18)17-6-10(7-17)16-12-5-11(13(2,3)4)14-8-15-12;1-13(2,3)12-6-11(14-9-15-12)5-10-7-16(8-10)19(4,17)18;1-12(2,3)11-5-10(14-8-15-11)4-9-6-13-7-9;1-9(2)12-5-11(13-8-14-12)4-10-6-15(3)7-10/h5,9-10H,4,6-8H2,1-3H3;5-7,12H,8-9H2,1-4H3,(H,15,16);5-6,8,11H,7,9-10H2,1-4H3;5,8,10H,6-7H2,1-4H3,(H,14,15,16);6,9-10H,5,7-8H2,1-4H3;5,8-9,13H,4,6-7H2,1-3H3;5,8-10H,4,6-7H2,1-3H3. The molecule has 0 saturated carbocycles. The predicted molar refractivity (Wildman–Crippen MR) is 486 cm³/mol. The molecule has 0 bridgehead atoms. The topological polar surface area (TPSA) is 313 Å². The van der Waals surface area contributed by atoms with E-state index in [2.05, 4.69) is 250 Å². The minimum Gasteiger partial charge on any atom is -0.364 e. The van der Waals surface area contributed by atoms with Crippen molar-refractivity contribution >= 4 is 43.5 Å². The van der Waals surface area contributed by atoms with Crippen molar-refractivity contribution < 1.29 is 39.6 Å². The molecule has 14 rings (SSSR count). The zero-order valence-electron chi connectivity index (χ0n) is 78.4. The summed E-state index contributed by atoms with van der Waals surface area (Å²) >= 11 is 0. The molecule has 14 heterocycles. The molecular weight excluding hydrogens is 1620 g/mol. The molecule has 0 atom stereocenters. The number of carbonyl (C=O) groups is 2. The van der Waals surface area contributed by atoms with Crippen molar-refractivity contribution in [2.45, 2.75) is 241 Å². The molecule has 7 aliphatic heterocycles. The summed E-state index contributed by atoms with van der Waals surface area (Å²) in [7, 11) is -3.87. The van der Waals surface area contributed by atoms with Gasteiger partial charge in [0.25, 0.3) is 0 Å². The number of amides is 2. The van der Waals surface area contributed by atoms with Crippen molar-refractivity contribution in [3.8, 4) is 0 Å². The van der Waals surface area contributed by atoms with Crippen molar-refractivity contribution in [2.75, 3.05) is 128 Å². The molecule has 684 valence electrons. The van der Waals surface area contributed by atoms with Gasteiger partial charge >= 0.3 is 6.18 Å². The number of likely N-dealkylation sites (tertiary alicyclic amines) is 4. The summed E-state index contributed by atoms with van der Waals surface area (Å²) in [6.45, 7) is 56.6. The molecule has 27 nitrogen and oxygen atoms in total. The minimum atomic E-state index is -4.10. The monoisotopic (exact) mass is 1760 g/mol. The number of anilines is 2. The van der Waals surface area contributed by atoms with E-state index in [1.54, 1.807) is 45.5 Å². The molecule has 2 amide bonds. The Bertz CT molecular complexity index is 4640. The van der Waals surface area contributed by atoms with E-state index in [-0.39, 0.29) is 50.2 Å². The molecule has 7 aromatic heterocycles. The van der Waals surface area contributed by atoms with Gasteiger partial charge in [0, 0.05) is 184 Å². The molecule has 0 aromatic carbocycles. The van der Waals surface area contributed by atoms with Crippen LogP contribution in [-0.4, -0.2) is 253 Å². The SMILES string of the molecule is CC(=O)N1CC(Nc2cc(C(C)(C)C)ccn2)C1.CC(=O)N1CC(Nc2cc(C(C)(C)C)ncn2)C1.CC(C)(C)c1cc(CC2CN(CC(F)(F)F)C2)ncn1.CC(C)(C)c1cc(CC2CN(S(C)(=O)=O)C2)ncn1.CC(C)(C)c1cc(CC2CNC2)ncn1.CC(C)(C)c1ccnc(CC2CN(S(C)(=O)=O)C2)c1.CC(C)c1cc(CC2CN(C)C2)ncn1. The number of alkyl halides is 3. The molecule has 0 unspecified atom stereocenters. The molecular formula is C92H142F3N21O6S2. The minimum absolute atomic E-state index is 0.0100. The lowest BCUT2D eigenvalue weighted by molar-refractivity contribution is -0.158. The normalized spacial score (nSPS) is 17.6. The zero-order valence-corrected chi connectivity index (χ0v) is 80.1. The van der Waals surface area contributed by atoms with Gasteiger partial charge in [-0.3, -0.25) is 19.5 Å². The van der Waals surface area contributed by atoms with E-state index in [9.17, 15) is 39.6 Å². The van der Waals surface area contributed by atoms with Gasteiger partial charge in [-0.1, -0.05) is 138 Å². The molecule has 124 heavy (non-hydrogen) atoms. The maximum atomic E-state index is 12.2. The van der Waals surface area contributed by atoms with Crippen molar-refractivity contribution in [1.82, 2.24) is 93.3 Å². The van der Waals surface area contributed by atoms with E-state index in [1.807, 2.05) is 52.5 Å². The summed E-state index contributed by atoms with van der Waals surface area (Å²) in [5.41, 5.74) is 13.6. The molecule has 7 aliphatic rings. The number of halogens is 3. The largest absolute Gasteiger partial charge is 0.401 e. The smallest absolute Gasteiger partial charge is 0.364 e. The third-order valence-corrected chi connectivity index (χ3v) is 25.1. The molecule has 0 spiro atoms. The highest BCUT2D eigenvalue weighted by Gasteiger charge is 2.39. The highest BCUT2D eigenvalue weighted by atomic mass is 32.2. The Morgan fingerprint density at radius 2 is 0.742 bits per heavy atom. The average Bonchev–Trinajstić information content (AvgIpc) is 0.802. The van der Waals surface area contributed by atoms with Crippen molar-refractivity contribution in [3.05, 3.63) is 167 Å². The Morgan fingerprint density at radius 3 is 1.09 bits per heavy atom. The second-order valence-corrected chi connectivity index (χ2v) is 45.2. The van der Waals surface area contributed by atoms with E-state index in [0.717, 1.165) is 140 Å². The van der Waals surface area contributed by atoms with Gasteiger partial charge in [-0.25, -0.2) is 80.3 Å². The maximum Gasteiger partial charge on any atom is 0.401 e. The van der Waals surface area contributed by atoms with Crippen LogP contribution in [0.1, 0.15) is 226 Å². The van der Waals surface area contributed by atoms with Gasteiger partial charge in [-0.05, 0) is 158 Å². The van der Waals surface area contributed by atoms with E-state index < -0.39 is 32.8 Å². The number of carbonyl (C=O) groups excluding carboxylic acids is 2. The van der Waals surface area contributed by atoms with Crippen LogP contribution in [0.2, 0.25) is 0 Å². The van der Waals surface area contributed by atoms with Crippen LogP contribution >= 0.6 is 0 Å². The Morgan fingerprint density at radius 1 is 0.411 bits per heavy atom. The number of nitrogens with one attached hydrogen (secondary N) is 3. The number of sulfonamides is 2. The van der Waals surface area contributed by atoms with Gasteiger partial charge in [-0.15, -0.1) is 0 Å². The maximum absolute atomic E-state index is 12.2. The van der Waals surface area contributed by atoms with Gasteiger partial charge < -0.3 is 30.7 Å². The van der Waals surface area contributed by atoms with Crippen LogP contribution in [0, 0.1) is 29.6 Å². The molecule has 0 aliphatic carbocycles. The second-order valence-electron chi connectivity index (χ2n) is 41.3. The third-order valence-electron chi connectivity index (χ3n) is 22.6. The Kier molecular flexibility index (Phi) is 34.7. The number of hydrogen-bond donors (Lipinski definition) is 3. The van der Waals surface area contributed by atoms with E-state index in [4.69, 9.17) is 0 Å². The van der Waals surface area contributed by atoms with Crippen LogP contribution in [0.4, 0.5) is 24.8 Å². The fraction of sp³-hybridized carbons (Fsp3) is 0.652. The lowest BCUT2D eigenvalue weighted by Crippen LogP contribution is -2.56. The number of pyridine rings is 2. The summed E-state index contributed by atoms with van der Waals surface area (Å²) in [6, 6.07) is 19.3. The van der Waals surface area contributed by atoms with Crippen molar-refractivity contribution in [3.63, 3.8) is 0 Å². The van der Waals surface area contributed by atoms with Crippen LogP contribution in [0.5, 0.6) is 0 Å². The molecule has 32 heteroatoms. The molecule has 7 aromatic rings. The fourth-order valence-electron chi connectivity index (χ4n) is 14.5. The summed E-state index contributed by atoms with van der Waals surface area (Å²) in [4.78, 5) is 81.2. The fourth-order valence-corrected chi connectivity index (χ4v) is 16.4. The first-order valence-corrected chi connectivity index (χ1v) is 47.2. The van der Waals surface area contributed by atoms with Crippen LogP contribution < -0.4 is 16.0 Å². The zero-order chi connectivity index (χ0) is 91.9. The molecule has 7 fully saturated rings. The summed E-state index contributed by atoms with van der Waals surface area (Å²) < 4.78 is 84.8. The Labute approximate surface area is 738 Å². The van der Waals surface area contributed by atoms with Crippen molar-refractivity contribution in [2.24, 2.45) is 29.6 Å². The van der Waals surface area contributed by atoms with Gasteiger partial charge in [0.15, 0.2) is 0 Å². The van der Waals surface area contributed by atoms with Crippen LogP contribution in [0.25, 0.3) is 0 Å². The lowest BCUT2D eigenvalue weighted by Gasteiger charge is -2.39. The second kappa shape index (κ2) is 42.6. The average molecular weight is 1760 g/mol. The Balaban J connectivity index is 0.000000180. The van der Waals surface area contributed by atoms with Gasteiger partial charge in [0.05, 0.1) is 36.8 Å². The lowest BCUT2D eigenvalue weighted by atomic mass is 9.86. The number of hydrogen-bond acceptors (Lipinski definition) is 23. The summed E-state index contributed by atoms with van der Waals surface area (Å²) in [5.74, 6) is 5.11. The quantitative estimate of drug-likeness (QED) is 0.0719. The first-order chi connectivity index (χ1) is 57.4. The molecule has 7 saturated heterocycles. The highest BCUT2D eigenvalue weighted by molar-refractivity contribution is 7.88. The number of rotatable bonds is 18. The first kappa shape index (κ1) is 101. The molecule has 3 N–H and O–H groups in total. The van der Waals surface area contributed by atoms with E-state index in [1.165, 1.54) is 61.6 Å². The number of nitrogens with zero attached hydrogens (tertiary/aromatic N) is 18.